The van der Waals surface area contributed by atoms with Gasteiger partial charge in [0.15, 0.2) is 6.61 Å². The Morgan fingerprint density at radius 2 is 1.74 bits per heavy atom. The summed E-state index contributed by atoms with van der Waals surface area (Å²) in [5, 5.41) is 16.0. The summed E-state index contributed by atoms with van der Waals surface area (Å²) >= 11 is 5.73. The maximum Gasteiger partial charge on any atom is 0.325 e. The molecule has 5 rings (SSSR count). The zero-order valence-corrected chi connectivity index (χ0v) is 17.7. The molecule has 4 saturated carbocycles. The minimum absolute atomic E-state index is 0.0517. The van der Waals surface area contributed by atoms with Crippen molar-refractivity contribution in [3.63, 3.8) is 0 Å². The number of nitrogens with one attached hydrogen (secondary N) is 2. The van der Waals surface area contributed by atoms with Crippen LogP contribution in [-0.2, 0) is 19.1 Å². The smallest absolute Gasteiger partial charge is 0.325 e. The number of carbonyl (C=O) groups is 3. The summed E-state index contributed by atoms with van der Waals surface area (Å²) in [6.07, 6.45) is 6.36. The Morgan fingerprint density at radius 3 is 2.32 bits per heavy atom. The number of rotatable bonds is 7. The molecule has 0 unspecified atom stereocenters. The molecule has 0 aliphatic heterocycles. The predicted molar refractivity (Wildman–Crippen MR) is 111 cm³/mol. The Balaban J connectivity index is 1.23. The normalized spacial score (nSPS) is 28.1. The van der Waals surface area contributed by atoms with Gasteiger partial charge in [-0.1, -0.05) is 11.6 Å². The second kappa shape index (κ2) is 8.45. The number of nitro benzene ring substituents is 1. The van der Waals surface area contributed by atoms with Crippen LogP contribution in [0.15, 0.2) is 18.2 Å². The molecule has 0 radical (unpaired) electrons. The van der Waals surface area contributed by atoms with Gasteiger partial charge in [-0.2, -0.15) is 0 Å². The fourth-order valence-electron chi connectivity index (χ4n) is 5.85. The van der Waals surface area contributed by atoms with Crippen LogP contribution in [-0.4, -0.2) is 35.9 Å². The van der Waals surface area contributed by atoms with Crippen molar-refractivity contribution in [3.8, 4) is 0 Å². The zero-order valence-electron chi connectivity index (χ0n) is 16.9. The van der Waals surface area contributed by atoms with E-state index in [4.69, 9.17) is 16.3 Å². The average Bonchev–Trinajstić information content (AvgIpc) is 2.70. The van der Waals surface area contributed by atoms with Gasteiger partial charge in [-0.3, -0.25) is 24.5 Å². The molecule has 4 aliphatic rings. The lowest BCUT2D eigenvalue weighted by Crippen LogP contribution is -2.54. The molecule has 0 aromatic heterocycles. The molecule has 2 amide bonds. The molecule has 4 fully saturated rings. The summed E-state index contributed by atoms with van der Waals surface area (Å²) in [4.78, 5) is 47.0. The molecule has 2 N–H and O–H groups in total. The van der Waals surface area contributed by atoms with Crippen molar-refractivity contribution in [2.75, 3.05) is 18.5 Å². The predicted octanol–water partition coefficient (Wildman–Crippen LogP) is 3.06. The van der Waals surface area contributed by atoms with Crippen LogP contribution in [0, 0.1) is 33.3 Å². The Kier molecular flexibility index (Phi) is 5.88. The van der Waals surface area contributed by atoms with Crippen LogP contribution in [0.4, 0.5) is 11.4 Å². The van der Waals surface area contributed by atoms with E-state index in [1.165, 1.54) is 31.4 Å². The van der Waals surface area contributed by atoms with Gasteiger partial charge in [0.1, 0.15) is 11.6 Å². The maximum atomic E-state index is 12.8. The Hall–Kier alpha value is -2.68. The minimum Gasteiger partial charge on any atom is -0.454 e. The first-order valence-electron chi connectivity index (χ1n) is 10.4. The number of anilines is 1. The van der Waals surface area contributed by atoms with E-state index in [-0.39, 0.29) is 34.3 Å². The van der Waals surface area contributed by atoms with E-state index < -0.39 is 23.4 Å². The van der Waals surface area contributed by atoms with Crippen molar-refractivity contribution in [1.29, 1.82) is 0 Å². The molecule has 9 nitrogen and oxygen atoms in total. The number of nitrogens with zero attached hydrogens (tertiary/aromatic N) is 1. The molecule has 31 heavy (non-hydrogen) atoms. The highest BCUT2D eigenvalue weighted by Crippen LogP contribution is 2.60. The molecule has 166 valence electrons. The minimum atomic E-state index is -0.713. The largest absolute Gasteiger partial charge is 0.454 e. The number of ether oxygens (including phenoxy) is 1. The van der Waals surface area contributed by atoms with Crippen LogP contribution in [0.2, 0.25) is 5.02 Å². The van der Waals surface area contributed by atoms with E-state index in [2.05, 4.69) is 10.6 Å². The molecule has 1 aromatic rings. The van der Waals surface area contributed by atoms with Gasteiger partial charge < -0.3 is 15.4 Å². The van der Waals surface area contributed by atoms with Gasteiger partial charge in [-0.15, -0.1) is 0 Å². The van der Waals surface area contributed by atoms with E-state index in [9.17, 15) is 24.5 Å². The summed E-state index contributed by atoms with van der Waals surface area (Å²) in [6.45, 7) is -0.858. The van der Waals surface area contributed by atoms with Crippen molar-refractivity contribution >= 4 is 40.8 Å². The van der Waals surface area contributed by atoms with E-state index >= 15 is 0 Å². The van der Waals surface area contributed by atoms with Gasteiger partial charge in [0.25, 0.3) is 11.6 Å². The third kappa shape index (κ3) is 4.66. The van der Waals surface area contributed by atoms with Gasteiger partial charge in [0, 0.05) is 17.2 Å². The van der Waals surface area contributed by atoms with Gasteiger partial charge in [-0.25, -0.2) is 0 Å². The molecule has 0 saturated heterocycles. The first-order valence-corrected chi connectivity index (χ1v) is 10.8. The lowest BCUT2D eigenvalue weighted by atomic mass is 9.49. The zero-order chi connectivity index (χ0) is 22.2. The number of hydrogen-bond acceptors (Lipinski definition) is 6. The number of halogens is 1. The fourth-order valence-corrected chi connectivity index (χ4v) is 6.04. The number of benzene rings is 1. The summed E-state index contributed by atoms with van der Waals surface area (Å²) in [5.41, 5.74) is -0.536. The highest BCUT2D eigenvalue weighted by atomic mass is 35.5. The summed E-state index contributed by atoms with van der Waals surface area (Å²) < 4.78 is 4.92. The Bertz CT molecular complexity index is 898. The van der Waals surface area contributed by atoms with Crippen LogP contribution >= 0.6 is 11.6 Å². The molecule has 0 atom stereocenters. The number of carbonyl (C=O) groups excluding carboxylic acids is 3. The molecule has 4 bridgehead atoms. The average molecular weight is 450 g/mol. The lowest BCUT2D eigenvalue weighted by molar-refractivity contribution is -0.384. The van der Waals surface area contributed by atoms with Crippen molar-refractivity contribution in [3.05, 3.63) is 33.3 Å². The van der Waals surface area contributed by atoms with Crippen LogP contribution in [0.25, 0.3) is 0 Å². The quantitative estimate of drug-likeness (QED) is 0.374. The van der Waals surface area contributed by atoms with Gasteiger partial charge >= 0.3 is 5.97 Å². The second-order valence-corrected chi connectivity index (χ2v) is 9.42. The van der Waals surface area contributed by atoms with Gasteiger partial charge in [0.05, 0.1) is 4.92 Å². The van der Waals surface area contributed by atoms with Gasteiger partial charge in [-0.05, 0) is 68.4 Å². The van der Waals surface area contributed by atoms with E-state index in [0.717, 1.165) is 25.3 Å². The number of nitro groups is 1. The Labute approximate surface area is 184 Å². The van der Waals surface area contributed by atoms with Gasteiger partial charge in [0.2, 0.25) is 5.91 Å². The molecular formula is C21H24ClN3O6. The third-order valence-electron chi connectivity index (χ3n) is 6.70. The number of esters is 1. The van der Waals surface area contributed by atoms with Crippen molar-refractivity contribution in [2.45, 2.75) is 38.5 Å². The molecule has 10 heteroatoms. The van der Waals surface area contributed by atoms with E-state index in [1.807, 2.05) is 0 Å². The van der Waals surface area contributed by atoms with Crippen LogP contribution in [0.1, 0.15) is 38.5 Å². The summed E-state index contributed by atoms with van der Waals surface area (Å²) in [5.74, 6) is 0.415. The number of amides is 2. The fraction of sp³-hybridized carbons (Fsp3) is 0.571. The highest BCUT2D eigenvalue weighted by Gasteiger charge is 2.54. The van der Waals surface area contributed by atoms with E-state index in [0.29, 0.717) is 17.8 Å². The molecule has 0 spiro atoms. The molecule has 1 aromatic carbocycles. The Morgan fingerprint density at radius 1 is 1.13 bits per heavy atom. The molecular weight excluding hydrogens is 426 g/mol. The number of hydrogen-bond donors (Lipinski definition) is 2. The SMILES string of the molecule is O=C(COC(=O)CNC(=O)C12CC3CC(CC(C3)C1)C2)Nc1ccc(Cl)c([N+](=O)[O-])c1. The maximum absolute atomic E-state index is 12.8. The molecule has 4 aliphatic carbocycles. The van der Waals surface area contributed by atoms with Crippen LogP contribution in [0.5, 0.6) is 0 Å². The van der Waals surface area contributed by atoms with Crippen LogP contribution in [0.3, 0.4) is 0 Å². The summed E-state index contributed by atoms with van der Waals surface area (Å²) in [6, 6.07) is 3.82. The highest BCUT2D eigenvalue weighted by molar-refractivity contribution is 6.32. The van der Waals surface area contributed by atoms with Crippen LogP contribution < -0.4 is 10.6 Å². The third-order valence-corrected chi connectivity index (χ3v) is 7.02. The van der Waals surface area contributed by atoms with Crippen molar-refractivity contribution in [1.82, 2.24) is 5.32 Å². The first-order chi connectivity index (χ1) is 14.7. The van der Waals surface area contributed by atoms with Crippen molar-refractivity contribution < 1.29 is 24.0 Å². The van der Waals surface area contributed by atoms with Crippen molar-refractivity contribution in [2.24, 2.45) is 23.2 Å². The van der Waals surface area contributed by atoms with E-state index in [1.54, 1.807) is 0 Å². The summed E-state index contributed by atoms with van der Waals surface area (Å²) in [7, 11) is 0. The monoisotopic (exact) mass is 449 g/mol. The first kappa shape index (κ1) is 21.5. The molecule has 0 heterocycles. The standard InChI is InChI=1S/C21H24ClN3O6/c22-16-2-1-15(6-17(16)25(29)30)24-18(26)11-31-19(27)10-23-20(28)21-7-12-3-13(8-21)5-14(4-12)9-21/h1-2,6,12-14H,3-5,7-11H2,(H,23,28)(H,24,26). The lowest BCUT2D eigenvalue weighted by Gasteiger charge is -2.55. The topological polar surface area (TPSA) is 128 Å². The second-order valence-electron chi connectivity index (χ2n) is 9.01.